The average molecular weight is 405 g/mol. The Labute approximate surface area is 173 Å². The molecule has 6 nitrogen and oxygen atoms in total. The third kappa shape index (κ3) is 10.5. The summed E-state index contributed by atoms with van der Waals surface area (Å²) in [6, 6.07) is 20.0. The topological polar surface area (TPSA) is 55.4 Å². The molecule has 0 amide bonds. The van der Waals surface area contributed by atoms with Crippen LogP contribution in [0, 0.1) is 0 Å². The minimum atomic E-state index is -0.211. The standard InChI is InChI=1S/C23H32O6/c1-24-15-22(17-26-13-20-9-5-3-6-10-20)28-19-29-23(16-25-2)18-27-14-21-11-7-4-8-12-21/h3-12,22-23H,13-19H2,1-2H3. The summed E-state index contributed by atoms with van der Waals surface area (Å²) in [5, 5.41) is 0. The highest BCUT2D eigenvalue weighted by Crippen LogP contribution is 2.05. The van der Waals surface area contributed by atoms with E-state index in [9.17, 15) is 0 Å². The van der Waals surface area contributed by atoms with E-state index in [1.165, 1.54) is 0 Å². The second kappa shape index (κ2) is 15.1. The zero-order valence-electron chi connectivity index (χ0n) is 17.3. The van der Waals surface area contributed by atoms with Gasteiger partial charge in [-0.25, -0.2) is 0 Å². The Morgan fingerprint density at radius 2 is 1.00 bits per heavy atom. The minimum Gasteiger partial charge on any atom is -0.382 e. The highest BCUT2D eigenvalue weighted by Gasteiger charge is 2.13. The van der Waals surface area contributed by atoms with Crippen molar-refractivity contribution in [1.82, 2.24) is 0 Å². The van der Waals surface area contributed by atoms with Crippen molar-refractivity contribution in [2.24, 2.45) is 0 Å². The fourth-order valence-electron chi connectivity index (χ4n) is 2.66. The predicted octanol–water partition coefficient (Wildman–Crippen LogP) is 3.44. The van der Waals surface area contributed by atoms with Crippen LogP contribution in [0.15, 0.2) is 60.7 Å². The van der Waals surface area contributed by atoms with Gasteiger partial charge in [-0.05, 0) is 11.1 Å². The largest absolute Gasteiger partial charge is 0.382 e. The summed E-state index contributed by atoms with van der Waals surface area (Å²) in [6.45, 7) is 2.88. The van der Waals surface area contributed by atoms with Gasteiger partial charge in [-0.3, -0.25) is 0 Å². The fraction of sp³-hybridized carbons (Fsp3) is 0.478. The molecule has 0 saturated carbocycles. The van der Waals surface area contributed by atoms with Crippen LogP contribution < -0.4 is 0 Å². The van der Waals surface area contributed by atoms with E-state index in [1.54, 1.807) is 14.2 Å². The smallest absolute Gasteiger partial charge is 0.147 e. The number of hydrogen-bond donors (Lipinski definition) is 0. The summed E-state index contributed by atoms with van der Waals surface area (Å²) < 4.78 is 33.5. The molecule has 0 saturated heterocycles. The Morgan fingerprint density at radius 3 is 1.38 bits per heavy atom. The number of benzene rings is 2. The summed E-state index contributed by atoms with van der Waals surface area (Å²) in [5.41, 5.74) is 2.24. The first-order chi connectivity index (χ1) is 14.3. The number of rotatable bonds is 16. The number of ether oxygens (including phenoxy) is 6. The van der Waals surface area contributed by atoms with E-state index in [-0.39, 0.29) is 19.0 Å². The van der Waals surface area contributed by atoms with E-state index < -0.39 is 0 Å². The summed E-state index contributed by atoms with van der Waals surface area (Å²) in [4.78, 5) is 0. The van der Waals surface area contributed by atoms with Crippen LogP contribution in [0.25, 0.3) is 0 Å². The van der Waals surface area contributed by atoms with Crippen molar-refractivity contribution < 1.29 is 28.4 Å². The van der Waals surface area contributed by atoms with Crippen molar-refractivity contribution in [3.05, 3.63) is 71.8 Å². The van der Waals surface area contributed by atoms with E-state index in [1.807, 2.05) is 60.7 Å². The van der Waals surface area contributed by atoms with Crippen LogP contribution >= 0.6 is 0 Å². The van der Waals surface area contributed by atoms with Gasteiger partial charge in [0.2, 0.25) is 0 Å². The molecule has 0 spiro atoms. The van der Waals surface area contributed by atoms with Crippen LogP contribution in [0.1, 0.15) is 11.1 Å². The molecule has 0 N–H and O–H groups in total. The molecule has 2 rings (SSSR count). The Hall–Kier alpha value is -1.80. The molecule has 0 radical (unpaired) electrons. The van der Waals surface area contributed by atoms with Gasteiger partial charge in [-0.2, -0.15) is 0 Å². The van der Waals surface area contributed by atoms with Gasteiger partial charge >= 0.3 is 0 Å². The van der Waals surface area contributed by atoms with Crippen molar-refractivity contribution >= 4 is 0 Å². The molecule has 0 fully saturated rings. The van der Waals surface area contributed by atoms with Gasteiger partial charge in [0.1, 0.15) is 19.0 Å². The maximum absolute atomic E-state index is 5.78. The molecule has 0 bridgehead atoms. The van der Waals surface area contributed by atoms with Crippen LogP contribution in [0.2, 0.25) is 0 Å². The second-order valence-electron chi connectivity index (χ2n) is 6.61. The van der Waals surface area contributed by atoms with Crippen molar-refractivity contribution in [2.45, 2.75) is 25.4 Å². The Morgan fingerprint density at radius 1 is 0.586 bits per heavy atom. The Kier molecular flexibility index (Phi) is 12.2. The Balaban J connectivity index is 1.66. The van der Waals surface area contributed by atoms with Crippen LogP contribution in [0.4, 0.5) is 0 Å². The molecule has 0 aromatic heterocycles. The van der Waals surface area contributed by atoms with E-state index in [0.29, 0.717) is 39.6 Å². The highest BCUT2D eigenvalue weighted by atomic mass is 16.7. The first-order valence-electron chi connectivity index (χ1n) is 9.76. The van der Waals surface area contributed by atoms with E-state index in [0.717, 1.165) is 11.1 Å². The van der Waals surface area contributed by atoms with E-state index >= 15 is 0 Å². The van der Waals surface area contributed by atoms with Gasteiger partial charge in [-0.15, -0.1) is 0 Å². The van der Waals surface area contributed by atoms with Crippen LogP contribution in [0.3, 0.4) is 0 Å². The monoisotopic (exact) mass is 404 g/mol. The van der Waals surface area contributed by atoms with Crippen molar-refractivity contribution in [1.29, 1.82) is 0 Å². The molecule has 0 heterocycles. The molecule has 0 aliphatic carbocycles. The molecule has 0 aliphatic rings. The zero-order chi connectivity index (χ0) is 20.6. The lowest BCUT2D eigenvalue weighted by Crippen LogP contribution is -2.30. The first-order valence-corrected chi connectivity index (χ1v) is 9.76. The SMILES string of the molecule is COCC(COCc1ccccc1)OCOC(COC)COCc1ccccc1. The van der Waals surface area contributed by atoms with Gasteiger partial charge in [0.05, 0.1) is 39.6 Å². The van der Waals surface area contributed by atoms with Gasteiger partial charge in [0, 0.05) is 14.2 Å². The van der Waals surface area contributed by atoms with Crippen molar-refractivity contribution in [3.8, 4) is 0 Å². The summed E-state index contributed by atoms with van der Waals surface area (Å²) in [6.07, 6.45) is -0.422. The maximum atomic E-state index is 5.78. The molecule has 0 aliphatic heterocycles. The lowest BCUT2D eigenvalue weighted by molar-refractivity contribution is -0.166. The molecular formula is C23H32O6. The normalized spacial score (nSPS) is 13.3. The molecule has 2 atom stereocenters. The third-order valence-electron chi connectivity index (χ3n) is 4.14. The molecular weight excluding hydrogens is 372 g/mol. The highest BCUT2D eigenvalue weighted by molar-refractivity contribution is 5.14. The first kappa shape index (κ1) is 23.5. The summed E-state index contributed by atoms with van der Waals surface area (Å²) in [5.74, 6) is 0. The van der Waals surface area contributed by atoms with E-state index in [4.69, 9.17) is 28.4 Å². The van der Waals surface area contributed by atoms with Gasteiger partial charge < -0.3 is 28.4 Å². The maximum Gasteiger partial charge on any atom is 0.147 e. The molecule has 2 aromatic carbocycles. The second-order valence-corrected chi connectivity index (χ2v) is 6.61. The average Bonchev–Trinajstić information content (AvgIpc) is 2.75. The fourth-order valence-corrected chi connectivity index (χ4v) is 2.66. The zero-order valence-corrected chi connectivity index (χ0v) is 17.3. The van der Waals surface area contributed by atoms with Crippen LogP contribution in [-0.2, 0) is 41.6 Å². The number of methoxy groups -OCH3 is 2. The van der Waals surface area contributed by atoms with Gasteiger partial charge in [-0.1, -0.05) is 60.7 Å². The summed E-state index contributed by atoms with van der Waals surface area (Å²) in [7, 11) is 3.28. The molecule has 2 unspecified atom stereocenters. The molecule has 29 heavy (non-hydrogen) atoms. The number of hydrogen-bond acceptors (Lipinski definition) is 6. The van der Waals surface area contributed by atoms with Gasteiger partial charge in [0.25, 0.3) is 0 Å². The summed E-state index contributed by atoms with van der Waals surface area (Å²) >= 11 is 0. The van der Waals surface area contributed by atoms with Crippen LogP contribution in [0.5, 0.6) is 0 Å². The predicted molar refractivity (Wildman–Crippen MR) is 111 cm³/mol. The lowest BCUT2D eigenvalue weighted by Gasteiger charge is -2.21. The third-order valence-corrected chi connectivity index (χ3v) is 4.14. The minimum absolute atomic E-state index is 0.117. The van der Waals surface area contributed by atoms with Crippen molar-refractivity contribution in [2.75, 3.05) is 47.4 Å². The van der Waals surface area contributed by atoms with Crippen molar-refractivity contribution in [3.63, 3.8) is 0 Å². The quantitative estimate of drug-likeness (QED) is 0.400. The molecule has 160 valence electrons. The van der Waals surface area contributed by atoms with Crippen LogP contribution in [-0.4, -0.2) is 59.6 Å². The Bertz CT molecular complexity index is 566. The van der Waals surface area contributed by atoms with Gasteiger partial charge in [0.15, 0.2) is 0 Å². The molecule has 6 heteroatoms. The molecule has 2 aromatic rings. The lowest BCUT2D eigenvalue weighted by atomic mass is 10.2. The van der Waals surface area contributed by atoms with E-state index in [2.05, 4.69) is 0 Å².